The van der Waals surface area contributed by atoms with Crippen LogP contribution in [0, 0.1) is 0 Å². The highest BCUT2D eigenvalue weighted by Crippen LogP contribution is 2.47. The molecule has 2 heterocycles. The van der Waals surface area contributed by atoms with E-state index in [1.54, 1.807) is 22.7 Å². The van der Waals surface area contributed by atoms with E-state index in [9.17, 15) is 9.90 Å². The Balaban J connectivity index is 1.58. The monoisotopic (exact) mass is 573 g/mol. The van der Waals surface area contributed by atoms with E-state index >= 15 is 0 Å². The lowest BCUT2D eigenvalue weighted by Crippen LogP contribution is -2.41. The number of hydrogen-bond donors (Lipinski definition) is 1. The number of phenolic OH excluding ortho intramolecular Hbond substituents is 1. The highest BCUT2D eigenvalue weighted by Gasteiger charge is 2.30. The van der Waals surface area contributed by atoms with E-state index in [-0.39, 0.29) is 17.9 Å². The Hall–Kier alpha value is -3.58. The zero-order chi connectivity index (χ0) is 29.1. The molecule has 7 heteroatoms. The minimum absolute atomic E-state index is 0.209. The lowest BCUT2D eigenvalue weighted by Gasteiger charge is -2.32. The number of nitrogens with zero attached hydrogens (tertiary/aromatic N) is 1. The van der Waals surface area contributed by atoms with Crippen LogP contribution < -0.4 is 14.4 Å². The topological polar surface area (TPSA) is 68.2 Å². The first-order valence-electron chi connectivity index (χ1n) is 14.4. The molecule has 0 saturated heterocycles. The van der Waals surface area contributed by atoms with Crippen LogP contribution in [0.5, 0.6) is 17.2 Å². The Bertz CT molecular complexity index is 1440. The van der Waals surface area contributed by atoms with Crippen LogP contribution in [0.4, 0.5) is 10.5 Å². The van der Waals surface area contributed by atoms with Crippen molar-refractivity contribution in [2.24, 2.45) is 0 Å². The molecule has 0 bridgehead atoms. The van der Waals surface area contributed by atoms with Gasteiger partial charge in [-0.25, -0.2) is 4.79 Å². The molecule has 3 aromatic rings. The summed E-state index contributed by atoms with van der Waals surface area (Å²) >= 11 is 1.70. The van der Waals surface area contributed by atoms with Crippen LogP contribution in [0.3, 0.4) is 0 Å². The molecule has 2 aliphatic rings. The van der Waals surface area contributed by atoms with Crippen LogP contribution in [0.1, 0.15) is 70.6 Å². The van der Waals surface area contributed by atoms with E-state index in [0.29, 0.717) is 30.3 Å². The molecule has 5 rings (SSSR count). The average molecular weight is 574 g/mol. The number of carbonyl (C=O) groups is 1. The third-order valence-corrected chi connectivity index (χ3v) is 8.29. The van der Waals surface area contributed by atoms with Gasteiger partial charge in [-0.3, -0.25) is 4.90 Å². The van der Waals surface area contributed by atoms with Gasteiger partial charge in [-0.2, -0.15) is 0 Å². The SMILES string of the molecule is CCCC(CC)Oc1ccc(C2=C(c3ccc4c(c3)N(C(=O)OC(C)(C)C)CCO4)CSc3cc(O)ccc32)cc1. The number of hydrogen-bond acceptors (Lipinski definition) is 6. The van der Waals surface area contributed by atoms with Crippen LogP contribution in [0.2, 0.25) is 0 Å². The minimum atomic E-state index is -0.596. The average Bonchev–Trinajstić information content (AvgIpc) is 2.95. The Morgan fingerprint density at radius 1 is 1.05 bits per heavy atom. The second-order valence-electron chi connectivity index (χ2n) is 11.4. The standard InChI is InChI=1S/C34H39NO5S/c1-6-8-25(7-2)39-26-13-9-22(10-14-26)32-27-15-12-24(36)20-31(27)41-21-28(32)23-11-16-30-29(19-23)35(17-18-38-30)33(37)40-34(3,4)5/h9-16,19-20,25,36H,6-8,17-18,21H2,1-5H3. The minimum Gasteiger partial charge on any atom is -0.508 e. The number of phenols is 1. The molecule has 41 heavy (non-hydrogen) atoms. The number of ether oxygens (including phenoxy) is 3. The number of benzene rings is 3. The number of anilines is 1. The molecular formula is C34H39NO5S. The Labute approximate surface area is 247 Å². The summed E-state index contributed by atoms with van der Waals surface area (Å²) in [4.78, 5) is 15.8. The van der Waals surface area contributed by atoms with Crippen LogP contribution in [0.15, 0.2) is 65.6 Å². The highest BCUT2D eigenvalue weighted by molar-refractivity contribution is 7.99. The van der Waals surface area contributed by atoms with Gasteiger partial charge in [0, 0.05) is 10.6 Å². The molecule has 0 fully saturated rings. The first kappa shape index (κ1) is 28.9. The van der Waals surface area contributed by atoms with Gasteiger partial charge in [0.1, 0.15) is 29.5 Å². The van der Waals surface area contributed by atoms with Gasteiger partial charge < -0.3 is 19.3 Å². The third-order valence-electron chi connectivity index (χ3n) is 7.20. The van der Waals surface area contributed by atoms with Gasteiger partial charge in [0.05, 0.1) is 18.3 Å². The predicted molar refractivity (Wildman–Crippen MR) is 166 cm³/mol. The van der Waals surface area contributed by atoms with Gasteiger partial charge in [0.2, 0.25) is 0 Å². The van der Waals surface area contributed by atoms with Crippen molar-refractivity contribution in [3.63, 3.8) is 0 Å². The summed E-state index contributed by atoms with van der Waals surface area (Å²) in [7, 11) is 0. The molecule has 0 aliphatic carbocycles. The number of carbonyl (C=O) groups excluding carboxylic acids is 1. The Morgan fingerprint density at radius 3 is 2.51 bits per heavy atom. The zero-order valence-electron chi connectivity index (χ0n) is 24.5. The number of rotatable bonds is 7. The lowest BCUT2D eigenvalue weighted by atomic mass is 9.89. The van der Waals surface area contributed by atoms with E-state index in [0.717, 1.165) is 57.7 Å². The normalized spacial score (nSPS) is 15.5. The molecule has 6 nitrogen and oxygen atoms in total. The van der Waals surface area contributed by atoms with Crippen LogP contribution in [0.25, 0.3) is 11.1 Å². The van der Waals surface area contributed by atoms with Crippen molar-refractivity contribution in [1.29, 1.82) is 0 Å². The van der Waals surface area contributed by atoms with Crippen molar-refractivity contribution < 1.29 is 24.1 Å². The Kier molecular flexibility index (Phi) is 8.55. The first-order valence-corrected chi connectivity index (χ1v) is 15.4. The molecule has 0 saturated carbocycles. The van der Waals surface area contributed by atoms with Gasteiger partial charge in [-0.15, -0.1) is 11.8 Å². The maximum absolute atomic E-state index is 13.1. The molecule has 1 N–H and O–H groups in total. The summed E-state index contributed by atoms with van der Waals surface area (Å²) < 4.78 is 17.9. The molecule has 0 radical (unpaired) electrons. The van der Waals surface area contributed by atoms with Gasteiger partial charge in [0.15, 0.2) is 0 Å². The number of aromatic hydroxyl groups is 1. The Morgan fingerprint density at radius 2 is 1.80 bits per heavy atom. The number of fused-ring (bicyclic) bond motifs is 2. The van der Waals surface area contributed by atoms with E-state index < -0.39 is 5.60 Å². The van der Waals surface area contributed by atoms with Gasteiger partial charge >= 0.3 is 6.09 Å². The van der Waals surface area contributed by atoms with Gasteiger partial charge in [-0.05, 0) is 104 Å². The van der Waals surface area contributed by atoms with E-state index in [1.165, 1.54) is 0 Å². The van der Waals surface area contributed by atoms with Crippen molar-refractivity contribution in [2.75, 3.05) is 23.8 Å². The van der Waals surface area contributed by atoms with Crippen LogP contribution in [-0.2, 0) is 4.74 Å². The summed E-state index contributed by atoms with van der Waals surface area (Å²) in [5.41, 5.74) is 5.52. The summed E-state index contributed by atoms with van der Waals surface area (Å²) in [6.07, 6.45) is 2.92. The van der Waals surface area contributed by atoms with Crippen molar-refractivity contribution >= 4 is 34.7 Å². The molecule has 1 amide bonds. The molecular weight excluding hydrogens is 534 g/mol. The fourth-order valence-corrected chi connectivity index (χ4v) is 6.39. The molecule has 2 aliphatic heterocycles. The fraction of sp³-hybridized carbons (Fsp3) is 0.382. The molecule has 0 aromatic heterocycles. The van der Waals surface area contributed by atoms with Crippen molar-refractivity contribution in [3.05, 3.63) is 77.4 Å². The molecule has 0 spiro atoms. The fourth-order valence-electron chi connectivity index (χ4n) is 5.25. The van der Waals surface area contributed by atoms with E-state index in [2.05, 4.69) is 32.0 Å². The van der Waals surface area contributed by atoms with E-state index in [1.807, 2.05) is 57.2 Å². The smallest absolute Gasteiger partial charge is 0.415 e. The van der Waals surface area contributed by atoms with Gasteiger partial charge in [0.25, 0.3) is 0 Å². The quantitative estimate of drug-likeness (QED) is 0.305. The summed E-state index contributed by atoms with van der Waals surface area (Å²) in [5.74, 6) is 2.50. The summed E-state index contributed by atoms with van der Waals surface area (Å²) in [6.45, 7) is 10.8. The van der Waals surface area contributed by atoms with Crippen molar-refractivity contribution in [3.8, 4) is 17.2 Å². The second-order valence-corrected chi connectivity index (χ2v) is 12.5. The maximum atomic E-state index is 13.1. The summed E-state index contributed by atoms with van der Waals surface area (Å²) in [6, 6.07) is 19.9. The van der Waals surface area contributed by atoms with Crippen molar-refractivity contribution in [1.82, 2.24) is 0 Å². The summed E-state index contributed by atoms with van der Waals surface area (Å²) in [5, 5.41) is 10.2. The first-order chi connectivity index (χ1) is 19.7. The van der Waals surface area contributed by atoms with Gasteiger partial charge in [-0.1, -0.05) is 38.5 Å². The van der Waals surface area contributed by atoms with E-state index in [4.69, 9.17) is 14.2 Å². The van der Waals surface area contributed by atoms with Crippen LogP contribution >= 0.6 is 11.8 Å². The lowest BCUT2D eigenvalue weighted by molar-refractivity contribution is 0.0567. The molecule has 216 valence electrons. The predicted octanol–water partition coefficient (Wildman–Crippen LogP) is 8.55. The third kappa shape index (κ3) is 6.51. The highest BCUT2D eigenvalue weighted by atomic mass is 32.2. The maximum Gasteiger partial charge on any atom is 0.415 e. The molecule has 1 unspecified atom stereocenters. The molecule has 1 atom stereocenters. The van der Waals surface area contributed by atoms with Crippen LogP contribution in [-0.4, -0.2) is 41.8 Å². The van der Waals surface area contributed by atoms with Crippen molar-refractivity contribution in [2.45, 2.75) is 70.5 Å². The zero-order valence-corrected chi connectivity index (χ0v) is 25.3. The number of thioether (sulfide) groups is 1. The molecule has 3 aromatic carbocycles. The number of amides is 1. The largest absolute Gasteiger partial charge is 0.508 e. The second kappa shape index (κ2) is 12.1.